The van der Waals surface area contributed by atoms with Crippen molar-refractivity contribution in [2.45, 2.75) is 72.0 Å². The molecule has 1 nitrogen and oxygen atoms in total. The quantitative estimate of drug-likeness (QED) is 0.317. The Morgan fingerprint density at radius 2 is 1.28 bits per heavy atom. The standard InChI is InChI=1S/C16H32OSi/c1-12(2)10-11-16(9)17-18(13(3)4,14(5)6)15(7)8/h10-15H,9H2,1-8H3/b11-10+. The highest BCUT2D eigenvalue weighted by Crippen LogP contribution is 2.43. The average Bonchev–Trinajstić information content (AvgIpc) is 2.21. The van der Waals surface area contributed by atoms with E-state index in [1.165, 1.54) is 0 Å². The van der Waals surface area contributed by atoms with Gasteiger partial charge >= 0.3 is 0 Å². The van der Waals surface area contributed by atoms with E-state index in [4.69, 9.17) is 4.43 Å². The second-order valence-corrected chi connectivity index (χ2v) is 11.9. The molecular weight excluding hydrogens is 236 g/mol. The van der Waals surface area contributed by atoms with Crippen molar-refractivity contribution in [2.75, 3.05) is 0 Å². The van der Waals surface area contributed by atoms with Crippen LogP contribution >= 0.6 is 0 Å². The summed E-state index contributed by atoms with van der Waals surface area (Å²) < 4.78 is 6.43. The summed E-state index contributed by atoms with van der Waals surface area (Å²) in [5.74, 6) is 1.38. The largest absolute Gasteiger partial charge is 0.543 e. The first-order chi connectivity index (χ1) is 8.14. The van der Waals surface area contributed by atoms with E-state index in [0.29, 0.717) is 22.5 Å². The lowest BCUT2D eigenvalue weighted by Crippen LogP contribution is -2.47. The minimum absolute atomic E-state index is 0.540. The summed E-state index contributed by atoms with van der Waals surface area (Å²) in [5.41, 5.74) is 1.80. The molecule has 0 atom stereocenters. The van der Waals surface area contributed by atoms with Gasteiger partial charge in [0.25, 0.3) is 8.32 Å². The highest BCUT2D eigenvalue weighted by Gasteiger charge is 2.46. The third kappa shape index (κ3) is 4.31. The van der Waals surface area contributed by atoms with Crippen molar-refractivity contribution in [1.29, 1.82) is 0 Å². The average molecular weight is 269 g/mol. The Morgan fingerprint density at radius 1 is 0.889 bits per heavy atom. The highest BCUT2D eigenvalue weighted by atomic mass is 28.4. The minimum atomic E-state index is -1.81. The molecule has 0 amide bonds. The van der Waals surface area contributed by atoms with E-state index in [2.05, 4.69) is 68.0 Å². The van der Waals surface area contributed by atoms with Gasteiger partial charge in [0.1, 0.15) is 0 Å². The molecule has 0 fully saturated rings. The Balaban J connectivity index is 5.07. The van der Waals surface area contributed by atoms with Crippen LogP contribution in [0.2, 0.25) is 16.6 Å². The fourth-order valence-corrected chi connectivity index (χ4v) is 8.14. The van der Waals surface area contributed by atoms with Gasteiger partial charge in [-0.1, -0.05) is 68.0 Å². The molecule has 0 saturated heterocycles. The van der Waals surface area contributed by atoms with Crippen LogP contribution < -0.4 is 0 Å². The molecule has 0 unspecified atom stereocenters. The van der Waals surface area contributed by atoms with E-state index in [9.17, 15) is 0 Å². The van der Waals surface area contributed by atoms with Gasteiger partial charge < -0.3 is 4.43 Å². The van der Waals surface area contributed by atoms with Crippen LogP contribution in [-0.4, -0.2) is 8.32 Å². The molecule has 0 bridgehead atoms. The molecule has 0 radical (unpaired) electrons. The van der Waals surface area contributed by atoms with Crippen molar-refractivity contribution in [1.82, 2.24) is 0 Å². The lowest BCUT2D eigenvalue weighted by atomic mass is 10.2. The molecule has 0 rings (SSSR count). The monoisotopic (exact) mass is 268 g/mol. The van der Waals surface area contributed by atoms with E-state index >= 15 is 0 Å². The summed E-state index contributed by atoms with van der Waals surface area (Å²) in [6.45, 7) is 22.2. The Labute approximate surface area is 115 Å². The summed E-state index contributed by atoms with van der Waals surface area (Å²) in [4.78, 5) is 0. The first-order valence-electron chi connectivity index (χ1n) is 7.20. The van der Waals surface area contributed by atoms with E-state index in [1.807, 2.05) is 6.08 Å². The van der Waals surface area contributed by atoms with Crippen molar-refractivity contribution in [3.8, 4) is 0 Å². The Kier molecular flexibility index (Phi) is 6.98. The van der Waals surface area contributed by atoms with E-state index in [-0.39, 0.29) is 0 Å². The highest BCUT2D eigenvalue weighted by molar-refractivity contribution is 6.77. The van der Waals surface area contributed by atoms with Gasteiger partial charge in [-0.3, -0.25) is 0 Å². The van der Waals surface area contributed by atoms with Crippen molar-refractivity contribution >= 4 is 8.32 Å². The van der Waals surface area contributed by atoms with Gasteiger partial charge in [0.05, 0.1) is 5.76 Å². The van der Waals surface area contributed by atoms with E-state index < -0.39 is 8.32 Å². The Bertz CT molecular complexity index is 266. The third-order valence-electron chi connectivity index (χ3n) is 3.68. The molecule has 106 valence electrons. The number of hydrogen-bond acceptors (Lipinski definition) is 1. The second-order valence-electron chi connectivity index (χ2n) is 6.49. The lowest BCUT2D eigenvalue weighted by Gasteiger charge is -2.42. The molecule has 18 heavy (non-hydrogen) atoms. The minimum Gasteiger partial charge on any atom is -0.543 e. The predicted molar refractivity (Wildman–Crippen MR) is 85.3 cm³/mol. The van der Waals surface area contributed by atoms with Gasteiger partial charge in [0, 0.05) is 0 Å². The van der Waals surface area contributed by atoms with E-state index in [0.717, 1.165) is 5.76 Å². The second kappa shape index (κ2) is 7.18. The van der Waals surface area contributed by atoms with Gasteiger partial charge in [-0.05, 0) is 28.6 Å². The molecule has 0 aromatic rings. The first-order valence-corrected chi connectivity index (χ1v) is 9.34. The van der Waals surface area contributed by atoms with Crippen molar-refractivity contribution in [3.63, 3.8) is 0 Å². The molecule has 0 aromatic carbocycles. The molecular formula is C16H32OSi. The Morgan fingerprint density at radius 3 is 1.56 bits per heavy atom. The summed E-state index contributed by atoms with van der Waals surface area (Å²) in [6, 6.07) is 0. The van der Waals surface area contributed by atoms with Crippen molar-refractivity contribution in [2.24, 2.45) is 5.92 Å². The van der Waals surface area contributed by atoms with Crippen LogP contribution in [0.15, 0.2) is 24.5 Å². The summed E-state index contributed by atoms with van der Waals surface area (Å²) in [5, 5.41) is 0. The van der Waals surface area contributed by atoms with Crippen molar-refractivity contribution in [3.05, 3.63) is 24.5 Å². The molecule has 0 N–H and O–H groups in total. The van der Waals surface area contributed by atoms with Crippen LogP contribution in [0.3, 0.4) is 0 Å². The van der Waals surface area contributed by atoms with Crippen LogP contribution in [0.5, 0.6) is 0 Å². The molecule has 0 saturated carbocycles. The molecule has 0 aliphatic carbocycles. The molecule has 0 spiro atoms. The summed E-state index contributed by atoms with van der Waals surface area (Å²) in [6.07, 6.45) is 4.20. The lowest BCUT2D eigenvalue weighted by molar-refractivity contribution is 0.388. The molecule has 0 aliphatic rings. The van der Waals surface area contributed by atoms with Crippen LogP contribution in [-0.2, 0) is 4.43 Å². The fourth-order valence-electron chi connectivity index (χ4n) is 2.91. The van der Waals surface area contributed by atoms with Crippen LogP contribution in [0, 0.1) is 5.92 Å². The predicted octanol–water partition coefficient (Wildman–Crippen LogP) is 5.90. The smallest absolute Gasteiger partial charge is 0.258 e. The zero-order chi connectivity index (χ0) is 14.5. The van der Waals surface area contributed by atoms with Gasteiger partial charge in [-0.25, -0.2) is 0 Å². The van der Waals surface area contributed by atoms with Crippen LogP contribution in [0.25, 0.3) is 0 Å². The van der Waals surface area contributed by atoms with Gasteiger partial charge in [0.15, 0.2) is 0 Å². The topological polar surface area (TPSA) is 9.23 Å². The summed E-state index contributed by atoms with van der Waals surface area (Å²) >= 11 is 0. The normalized spacial score (nSPS) is 13.3. The van der Waals surface area contributed by atoms with Gasteiger partial charge in [-0.2, -0.15) is 0 Å². The van der Waals surface area contributed by atoms with Gasteiger partial charge in [0.2, 0.25) is 0 Å². The first kappa shape index (κ1) is 17.5. The number of allylic oxidation sites excluding steroid dienone is 2. The number of hydrogen-bond donors (Lipinski definition) is 0. The van der Waals surface area contributed by atoms with Gasteiger partial charge in [-0.15, -0.1) is 0 Å². The molecule has 0 heterocycles. The third-order valence-corrected chi connectivity index (χ3v) is 9.71. The van der Waals surface area contributed by atoms with Crippen LogP contribution in [0.4, 0.5) is 0 Å². The fraction of sp³-hybridized carbons (Fsp3) is 0.750. The molecule has 2 heteroatoms. The molecule has 0 aromatic heterocycles. The SMILES string of the molecule is C=C(/C=C/C(C)C)O[Si](C(C)C)(C(C)C)C(C)C. The zero-order valence-electron chi connectivity index (χ0n) is 13.6. The van der Waals surface area contributed by atoms with Crippen molar-refractivity contribution < 1.29 is 4.43 Å². The van der Waals surface area contributed by atoms with Crippen LogP contribution in [0.1, 0.15) is 55.4 Å². The molecule has 0 aliphatic heterocycles. The Hall–Kier alpha value is -0.503. The maximum Gasteiger partial charge on any atom is 0.258 e. The maximum atomic E-state index is 6.43. The number of rotatable bonds is 7. The van der Waals surface area contributed by atoms with E-state index in [1.54, 1.807) is 0 Å². The maximum absolute atomic E-state index is 6.43. The zero-order valence-corrected chi connectivity index (χ0v) is 14.6. The summed E-state index contributed by atoms with van der Waals surface area (Å²) in [7, 11) is -1.81.